The Bertz CT molecular complexity index is 869. The van der Waals surface area contributed by atoms with E-state index in [9.17, 15) is 4.39 Å². The van der Waals surface area contributed by atoms with Crippen LogP contribution in [0.4, 0.5) is 10.1 Å². The number of hydrogen-bond donors (Lipinski definition) is 1. The van der Waals surface area contributed by atoms with Gasteiger partial charge in [-0.25, -0.2) is 4.39 Å². The van der Waals surface area contributed by atoms with E-state index in [0.29, 0.717) is 12.1 Å². The molecule has 3 aromatic rings. The van der Waals surface area contributed by atoms with Gasteiger partial charge in [-0.15, -0.1) is 0 Å². The van der Waals surface area contributed by atoms with Gasteiger partial charge < -0.3 is 5.32 Å². The van der Waals surface area contributed by atoms with Crippen LogP contribution in [0.3, 0.4) is 0 Å². The number of hydrogen-bond acceptors (Lipinski definition) is 3. The van der Waals surface area contributed by atoms with E-state index in [2.05, 4.69) is 21.5 Å². The Morgan fingerprint density at radius 3 is 2.91 bits per heavy atom. The second-order valence-electron chi connectivity index (χ2n) is 5.83. The van der Waals surface area contributed by atoms with Crippen LogP contribution in [0.25, 0.3) is 11.1 Å². The number of rotatable bonds is 3. The van der Waals surface area contributed by atoms with E-state index >= 15 is 0 Å². The molecule has 0 amide bonds. The summed E-state index contributed by atoms with van der Waals surface area (Å²) < 4.78 is 16.0. The van der Waals surface area contributed by atoms with Crippen molar-refractivity contribution >= 4 is 5.69 Å². The molecule has 1 aromatic carbocycles. The number of benzene rings is 1. The highest BCUT2D eigenvalue weighted by Gasteiger charge is 2.16. The van der Waals surface area contributed by atoms with Crippen molar-refractivity contribution in [2.75, 3.05) is 11.9 Å². The summed E-state index contributed by atoms with van der Waals surface area (Å²) in [5, 5.41) is 7.27. The zero-order valence-corrected chi connectivity index (χ0v) is 12.9. The van der Waals surface area contributed by atoms with Gasteiger partial charge in [0.2, 0.25) is 0 Å². The first-order chi connectivity index (χ1) is 11.2. The lowest BCUT2D eigenvalue weighted by atomic mass is 10.0. The summed E-state index contributed by atoms with van der Waals surface area (Å²) in [5.41, 5.74) is 5.64. The molecule has 1 aliphatic heterocycles. The molecule has 4 nitrogen and oxygen atoms in total. The fourth-order valence-corrected chi connectivity index (χ4v) is 3.06. The number of halogens is 1. The van der Waals surface area contributed by atoms with Gasteiger partial charge in [-0.05, 0) is 53.4 Å². The standard InChI is InChI=1S/C18H17FN4/c1-23-16(4-7-22-23)11-15-9-12(2-5-20-15)14-8-13-3-6-21-18(13)17(19)10-14/h2,4-5,7-10,21H,3,6,11H2,1H3. The van der Waals surface area contributed by atoms with Gasteiger partial charge in [0, 0.05) is 43.8 Å². The highest BCUT2D eigenvalue weighted by atomic mass is 19.1. The van der Waals surface area contributed by atoms with Gasteiger partial charge in [0.25, 0.3) is 0 Å². The summed E-state index contributed by atoms with van der Waals surface area (Å²) >= 11 is 0. The Hall–Kier alpha value is -2.69. The normalized spacial score (nSPS) is 13.0. The Morgan fingerprint density at radius 2 is 2.09 bits per heavy atom. The van der Waals surface area contributed by atoms with Gasteiger partial charge >= 0.3 is 0 Å². The fourth-order valence-electron chi connectivity index (χ4n) is 3.06. The summed E-state index contributed by atoms with van der Waals surface area (Å²) in [6, 6.07) is 9.60. The summed E-state index contributed by atoms with van der Waals surface area (Å²) in [6.07, 6.45) is 5.14. The number of fused-ring (bicyclic) bond motifs is 1. The minimum absolute atomic E-state index is 0.181. The smallest absolute Gasteiger partial charge is 0.147 e. The molecule has 0 saturated heterocycles. The number of nitrogens with one attached hydrogen (secondary N) is 1. The minimum atomic E-state index is -0.181. The molecule has 0 bridgehead atoms. The molecule has 2 aromatic heterocycles. The molecule has 0 saturated carbocycles. The molecule has 0 atom stereocenters. The van der Waals surface area contributed by atoms with E-state index in [1.807, 2.05) is 29.9 Å². The molecule has 0 spiro atoms. The van der Waals surface area contributed by atoms with Crippen LogP contribution in [0.2, 0.25) is 0 Å². The quantitative estimate of drug-likeness (QED) is 0.808. The van der Waals surface area contributed by atoms with Gasteiger partial charge in [0.1, 0.15) is 5.82 Å². The molecule has 0 fully saturated rings. The van der Waals surface area contributed by atoms with E-state index in [0.717, 1.165) is 41.0 Å². The van der Waals surface area contributed by atoms with Crippen molar-refractivity contribution in [3.63, 3.8) is 0 Å². The first-order valence-electron chi connectivity index (χ1n) is 7.69. The number of pyridine rings is 1. The zero-order valence-electron chi connectivity index (χ0n) is 12.9. The van der Waals surface area contributed by atoms with Crippen molar-refractivity contribution in [2.45, 2.75) is 12.8 Å². The van der Waals surface area contributed by atoms with Crippen LogP contribution in [-0.2, 0) is 19.9 Å². The lowest BCUT2D eigenvalue weighted by molar-refractivity contribution is 0.632. The largest absolute Gasteiger partial charge is 0.382 e. The third-order valence-corrected chi connectivity index (χ3v) is 4.30. The van der Waals surface area contributed by atoms with E-state index < -0.39 is 0 Å². The molecule has 3 heterocycles. The maximum absolute atomic E-state index is 14.2. The van der Waals surface area contributed by atoms with Gasteiger partial charge in [-0.3, -0.25) is 9.67 Å². The van der Waals surface area contributed by atoms with Crippen molar-refractivity contribution in [3.05, 3.63) is 65.5 Å². The average molecular weight is 308 g/mol. The third kappa shape index (κ3) is 2.59. The minimum Gasteiger partial charge on any atom is -0.382 e. The Kier molecular flexibility index (Phi) is 3.33. The van der Waals surface area contributed by atoms with Crippen LogP contribution in [0.1, 0.15) is 17.0 Å². The molecule has 4 rings (SSSR count). The number of aryl methyl sites for hydroxylation is 1. The first kappa shape index (κ1) is 13.9. The van der Waals surface area contributed by atoms with Crippen molar-refractivity contribution in [1.82, 2.24) is 14.8 Å². The molecule has 0 unspecified atom stereocenters. The predicted molar refractivity (Wildman–Crippen MR) is 87.8 cm³/mol. The van der Waals surface area contributed by atoms with E-state index in [1.54, 1.807) is 18.5 Å². The number of anilines is 1. The fraction of sp³-hybridized carbons (Fsp3) is 0.222. The molecule has 1 N–H and O–H groups in total. The number of aromatic nitrogens is 3. The monoisotopic (exact) mass is 308 g/mol. The Labute approximate surface area is 134 Å². The SMILES string of the molecule is Cn1nccc1Cc1cc(-c2cc(F)c3c(c2)CCN3)ccn1. The van der Waals surface area contributed by atoms with Gasteiger partial charge in [-0.2, -0.15) is 5.10 Å². The Morgan fingerprint density at radius 1 is 1.17 bits per heavy atom. The molecular weight excluding hydrogens is 291 g/mol. The number of nitrogens with zero attached hydrogens (tertiary/aromatic N) is 3. The molecule has 0 aliphatic carbocycles. The maximum atomic E-state index is 14.2. The van der Waals surface area contributed by atoms with Crippen LogP contribution in [0, 0.1) is 5.82 Å². The second kappa shape index (κ2) is 5.50. The first-order valence-corrected chi connectivity index (χ1v) is 7.69. The molecule has 1 aliphatic rings. The van der Waals surface area contributed by atoms with Gasteiger partial charge in [0.15, 0.2) is 0 Å². The average Bonchev–Trinajstić information content (AvgIpc) is 3.17. The van der Waals surface area contributed by atoms with E-state index in [1.165, 1.54) is 0 Å². The Balaban J connectivity index is 1.69. The second-order valence-corrected chi connectivity index (χ2v) is 5.83. The highest BCUT2D eigenvalue weighted by Crippen LogP contribution is 2.31. The van der Waals surface area contributed by atoms with Crippen LogP contribution < -0.4 is 5.32 Å². The van der Waals surface area contributed by atoms with Crippen molar-refractivity contribution in [3.8, 4) is 11.1 Å². The van der Waals surface area contributed by atoms with Crippen LogP contribution in [-0.4, -0.2) is 21.3 Å². The van der Waals surface area contributed by atoms with Crippen LogP contribution >= 0.6 is 0 Å². The van der Waals surface area contributed by atoms with Crippen molar-refractivity contribution < 1.29 is 4.39 Å². The third-order valence-electron chi connectivity index (χ3n) is 4.30. The molecule has 0 radical (unpaired) electrons. The van der Waals surface area contributed by atoms with Crippen LogP contribution in [0.5, 0.6) is 0 Å². The van der Waals surface area contributed by atoms with Crippen LogP contribution in [0.15, 0.2) is 42.7 Å². The summed E-state index contributed by atoms with van der Waals surface area (Å²) in [6.45, 7) is 0.803. The van der Waals surface area contributed by atoms with E-state index in [4.69, 9.17) is 0 Å². The lowest BCUT2D eigenvalue weighted by Gasteiger charge is -2.08. The predicted octanol–water partition coefficient (Wildman–Crippen LogP) is 3.18. The highest BCUT2D eigenvalue weighted by molar-refractivity contribution is 5.70. The maximum Gasteiger partial charge on any atom is 0.147 e. The summed E-state index contributed by atoms with van der Waals surface area (Å²) in [4.78, 5) is 4.43. The molecule has 116 valence electrons. The zero-order chi connectivity index (χ0) is 15.8. The summed E-state index contributed by atoms with van der Waals surface area (Å²) in [5.74, 6) is -0.181. The van der Waals surface area contributed by atoms with Crippen molar-refractivity contribution in [2.24, 2.45) is 7.05 Å². The van der Waals surface area contributed by atoms with E-state index in [-0.39, 0.29) is 5.82 Å². The molecular formula is C18H17FN4. The topological polar surface area (TPSA) is 42.7 Å². The van der Waals surface area contributed by atoms with Gasteiger partial charge in [-0.1, -0.05) is 0 Å². The molecule has 5 heteroatoms. The summed E-state index contributed by atoms with van der Waals surface area (Å²) in [7, 11) is 1.92. The molecule has 23 heavy (non-hydrogen) atoms. The van der Waals surface area contributed by atoms with Gasteiger partial charge in [0.05, 0.1) is 5.69 Å². The lowest BCUT2D eigenvalue weighted by Crippen LogP contribution is -2.00. The van der Waals surface area contributed by atoms with Crippen molar-refractivity contribution in [1.29, 1.82) is 0 Å².